The molecule has 2 aromatic carbocycles. The number of aromatic hydroxyl groups is 1. The van der Waals surface area contributed by atoms with Crippen LogP contribution in [0, 0.1) is 0 Å². The Bertz CT molecular complexity index is 877. The van der Waals surface area contributed by atoms with Crippen molar-refractivity contribution in [1.82, 2.24) is 15.3 Å². The molecule has 1 atom stereocenters. The highest BCUT2D eigenvalue weighted by Gasteiger charge is 2.24. The van der Waals surface area contributed by atoms with E-state index in [-0.39, 0.29) is 11.8 Å². The van der Waals surface area contributed by atoms with Gasteiger partial charge in [-0.1, -0.05) is 18.2 Å². The molecule has 25 heavy (non-hydrogen) atoms. The van der Waals surface area contributed by atoms with Gasteiger partial charge in [0.2, 0.25) is 0 Å². The average Bonchev–Trinajstić information content (AvgIpc) is 2.67. The molecule has 1 unspecified atom stereocenters. The minimum Gasteiger partial charge on any atom is -0.508 e. The number of anilines is 1. The molecule has 0 saturated carbocycles. The zero-order chi connectivity index (χ0) is 17.2. The molecule has 1 fully saturated rings. The van der Waals surface area contributed by atoms with Gasteiger partial charge in [0.25, 0.3) is 0 Å². The molecule has 1 aliphatic rings. The highest BCUT2D eigenvalue weighted by Crippen LogP contribution is 2.33. The molecule has 2 N–H and O–H groups in total. The Morgan fingerprint density at radius 1 is 1.16 bits per heavy atom. The number of aromatic nitrogens is 2. The molecule has 4 rings (SSSR count). The quantitative estimate of drug-likeness (QED) is 0.766. The molecule has 1 aliphatic heterocycles. The van der Waals surface area contributed by atoms with Gasteiger partial charge in [-0.25, -0.2) is 9.97 Å². The van der Waals surface area contributed by atoms with Crippen molar-refractivity contribution in [3.05, 3.63) is 54.4 Å². The van der Waals surface area contributed by atoms with Crippen molar-refractivity contribution < 1.29 is 9.84 Å². The van der Waals surface area contributed by atoms with E-state index >= 15 is 0 Å². The van der Waals surface area contributed by atoms with Crippen molar-refractivity contribution in [2.45, 2.75) is 6.04 Å². The summed E-state index contributed by atoms with van der Waals surface area (Å²) < 4.78 is 5.53. The van der Waals surface area contributed by atoms with E-state index in [2.05, 4.69) is 20.2 Å². The predicted octanol–water partition coefficient (Wildman–Crippen LogP) is 2.49. The summed E-state index contributed by atoms with van der Waals surface area (Å²) in [5, 5.41) is 14.0. The first-order valence-electron chi connectivity index (χ1n) is 8.31. The molecular weight excluding hydrogens is 316 g/mol. The van der Waals surface area contributed by atoms with Gasteiger partial charge in [-0.3, -0.25) is 0 Å². The fourth-order valence-electron chi connectivity index (χ4n) is 3.34. The van der Waals surface area contributed by atoms with Crippen LogP contribution in [0.4, 0.5) is 5.82 Å². The van der Waals surface area contributed by atoms with Crippen molar-refractivity contribution in [3.8, 4) is 11.5 Å². The number of fused-ring (bicyclic) bond motifs is 1. The molecular formula is C19H20N4O2. The lowest BCUT2D eigenvalue weighted by Crippen LogP contribution is -2.46. The monoisotopic (exact) mass is 336 g/mol. The van der Waals surface area contributed by atoms with Crippen LogP contribution in [-0.4, -0.2) is 41.8 Å². The van der Waals surface area contributed by atoms with Crippen molar-refractivity contribution in [3.63, 3.8) is 0 Å². The van der Waals surface area contributed by atoms with E-state index in [1.54, 1.807) is 25.6 Å². The number of ether oxygens (including phenoxy) is 1. The van der Waals surface area contributed by atoms with Crippen LogP contribution in [0.25, 0.3) is 10.9 Å². The number of phenols is 1. The van der Waals surface area contributed by atoms with Crippen LogP contribution in [0.2, 0.25) is 0 Å². The minimum absolute atomic E-state index is 0.175. The topological polar surface area (TPSA) is 70.5 Å². The van der Waals surface area contributed by atoms with Gasteiger partial charge in [0.15, 0.2) is 0 Å². The van der Waals surface area contributed by atoms with E-state index in [1.165, 1.54) is 0 Å². The molecule has 0 radical (unpaired) electrons. The van der Waals surface area contributed by atoms with E-state index in [0.717, 1.165) is 47.7 Å². The van der Waals surface area contributed by atoms with E-state index in [9.17, 15) is 5.11 Å². The first-order valence-corrected chi connectivity index (χ1v) is 8.31. The van der Waals surface area contributed by atoms with Gasteiger partial charge >= 0.3 is 0 Å². The molecule has 128 valence electrons. The van der Waals surface area contributed by atoms with E-state index in [1.807, 2.05) is 30.3 Å². The Morgan fingerprint density at radius 3 is 2.80 bits per heavy atom. The third-order valence-corrected chi connectivity index (χ3v) is 4.60. The number of hydrogen-bond donors (Lipinski definition) is 2. The maximum absolute atomic E-state index is 9.50. The smallest absolute Gasteiger partial charge is 0.143 e. The van der Waals surface area contributed by atoms with E-state index in [0.29, 0.717) is 0 Å². The van der Waals surface area contributed by atoms with Gasteiger partial charge in [0.1, 0.15) is 23.6 Å². The lowest BCUT2D eigenvalue weighted by Gasteiger charge is -2.35. The zero-order valence-corrected chi connectivity index (χ0v) is 14.0. The second-order valence-electron chi connectivity index (χ2n) is 6.10. The van der Waals surface area contributed by atoms with Gasteiger partial charge in [-0.2, -0.15) is 0 Å². The Morgan fingerprint density at radius 2 is 2.00 bits per heavy atom. The summed E-state index contributed by atoms with van der Waals surface area (Å²) in [5.41, 5.74) is 2.02. The number of piperazine rings is 1. The van der Waals surface area contributed by atoms with E-state index < -0.39 is 0 Å². The van der Waals surface area contributed by atoms with Crippen molar-refractivity contribution in [2.75, 3.05) is 31.6 Å². The summed E-state index contributed by atoms with van der Waals surface area (Å²) in [6.07, 6.45) is 1.61. The van der Waals surface area contributed by atoms with Gasteiger partial charge in [0.05, 0.1) is 18.0 Å². The highest BCUT2D eigenvalue weighted by molar-refractivity contribution is 5.94. The standard InChI is InChI=1S/C19H20N4O2/c1-25-17-4-2-3-15-18(17)19(22-12-21-15)23-10-9-20-16(11-23)13-5-7-14(24)8-6-13/h2-8,12,16,20,24H,9-11H2,1H3. The second kappa shape index (κ2) is 6.57. The third-order valence-electron chi connectivity index (χ3n) is 4.60. The predicted molar refractivity (Wildman–Crippen MR) is 97.2 cm³/mol. The fraction of sp³-hybridized carbons (Fsp3) is 0.263. The normalized spacial score (nSPS) is 17.6. The molecule has 0 aliphatic carbocycles. The molecule has 1 saturated heterocycles. The van der Waals surface area contributed by atoms with Crippen molar-refractivity contribution in [1.29, 1.82) is 0 Å². The number of rotatable bonds is 3. The van der Waals surface area contributed by atoms with Gasteiger partial charge in [-0.05, 0) is 29.8 Å². The Kier molecular flexibility index (Phi) is 4.11. The number of benzene rings is 2. The van der Waals surface area contributed by atoms with Gasteiger partial charge in [0, 0.05) is 25.7 Å². The Hall–Kier alpha value is -2.86. The van der Waals surface area contributed by atoms with Crippen LogP contribution in [0.5, 0.6) is 11.5 Å². The number of phenolic OH excluding ortho intramolecular Hbond substituents is 1. The lowest BCUT2D eigenvalue weighted by molar-refractivity contribution is 0.419. The van der Waals surface area contributed by atoms with Crippen molar-refractivity contribution in [2.24, 2.45) is 0 Å². The maximum atomic E-state index is 9.50. The fourth-order valence-corrected chi connectivity index (χ4v) is 3.34. The molecule has 0 bridgehead atoms. The average molecular weight is 336 g/mol. The minimum atomic E-state index is 0.175. The zero-order valence-electron chi connectivity index (χ0n) is 14.0. The maximum Gasteiger partial charge on any atom is 0.143 e. The largest absolute Gasteiger partial charge is 0.508 e. The summed E-state index contributed by atoms with van der Waals surface area (Å²) >= 11 is 0. The SMILES string of the molecule is COc1cccc2ncnc(N3CCNC(c4ccc(O)cc4)C3)c12. The summed E-state index contributed by atoms with van der Waals surface area (Å²) in [6.45, 7) is 2.50. The van der Waals surface area contributed by atoms with Crippen LogP contribution in [0.15, 0.2) is 48.8 Å². The molecule has 1 aromatic heterocycles. The number of hydrogen-bond acceptors (Lipinski definition) is 6. The number of methoxy groups -OCH3 is 1. The van der Waals surface area contributed by atoms with Gasteiger partial charge < -0.3 is 20.1 Å². The third kappa shape index (κ3) is 2.96. The first-order chi connectivity index (χ1) is 12.3. The van der Waals surface area contributed by atoms with Crippen LogP contribution in [0.1, 0.15) is 11.6 Å². The van der Waals surface area contributed by atoms with E-state index in [4.69, 9.17) is 4.74 Å². The Balaban J connectivity index is 1.70. The second-order valence-corrected chi connectivity index (χ2v) is 6.10. The Labute approximate surface area is 146 Å². The molecule has 0 amide bonds. The number of nitrogens with zero attached hydrogens (tertiary/aromatic N) is 3. The summed E-state index contributed by atoms with van der Waals surface area (Å²) in [4.78, 5) is 11.2. The van der Waals surface area contributed by atoms with Crippen LogP contribution in [-0.2, 0) is 0 Å². The molecule has 2 heterocycles. The molecule has 0 spiro atoms. The highest BCUT2D eigenvalue weighted by atomic mass is 16.5. The molecule has 6 heteroatoms. The van der Waals surface area contributed by atoms with Crippen LogP contribution in [0.3, 0.4) is 0 Å². The van der Waals surface area contributed by atoms with Gasteiger partial charge in [-0.15, -0.1) is 0 Å². The summed E-state index contributed by atoms with van der Waals surface area (Å²) in [7, 11) is 1.67. The molecule has 3 aromatic rings. The van der Waals surface area contributed by atoms with Crippen molar-refractivity contribution >= 4 is 16.7 Å². The summed E-state index contributed by atoms with van der Waals surface area (Å²) in [6, 6.07) is 13.4. The first kappa shape index (κ1) is 15.7. The summed E-state index contributed by atoms with van der Waals surface area (Å²) in [5.74, 6) is 1.96. The lowest BCUT2D eigenvalue weighted by atomic mass is 10.0. The van der Waals surface area contributed by atoms with Crippen LogP contribution >= 0.6 is 0 Å². The van der Waals surface area contributed by atoms with Crippen LogP contribution < -0.4 is 15.0 Å². The molecule has 6 nitrogen and oxygen atoms in total. The number of nitrogens with one attached hydrogen (secondary N) is 1.